The zero-order chi connectivity index (χ0) is 11.9. The highest BCUT2D eigenvalue weighted by Gasteiger charge is 2.20. The van der Waals surface area contributed by atoms with Gasteiger partial charge in [0, 0.05) is 19.2 Å². The summed E-state index contributed by atoms with van der Waals surface area (Å²) in [5.41, 5.74) is 0. The highest BCUT2D eigenvalue weighted by Crippen LogP contribution is 2.28. The molecule has 17 heavy (non-hydrogen) atoms. The molecule has 0 unspecified atom stereocenters. The zero-order valence-electron chi connectivity index (χ0n) is 10.3. The first-order valence-corrected chi connectivity index (χ1v) is 6.30. The first-order valence-electron chi connectivity index (χ1n) is 6.30. The van der Waals surface area contributed by atoms with Crippen LogP contribution in [-0.4, -0.2) is 31.3 Å². The largest absolute Gasteiger partial charge is 0.478 e. The Hall–Kier alpha value is -1.29. The summed E-state index contributed by atoms with van der Waals surface area (Å²) in [4.78, 5) is 4.32. The number of ether oxygens (including phenoxy) is 2. The Morgan fingerprint density at radius 2 is 2.29 bits per heavy atom. The Kier molecular flexibility index (Phi) is 4.62. The molecule has 2 rings (SSSR count). The Morgan fingerprint density at radius 1 is 1.41 bits per heavy atom. The monoisotopic (exact) mass is 236 g/mol. The predicted molar refractivity (Wildman–Crippen MR) is 67.4 cm³/mol. The van der Waals surface area contributed by atoms with E-state index in [9.17, 15) is 0 Å². The molecule has 4 nitrogen and oxygen atoms in total. The van der Waals surface area contributed by atoms with Gasteiger partial charge < -0.3 is 14.8 Å². The molecule has 0 spiro atoms. The van der Waals surface area contributed by atoms with E-state index in [0.717, 1.165) is 31.5 Å². The van der Waals surface area contributed by atoms with Crippen LogP contribution in [0.4, 0.5) is 5.82 Å². The maximum Gasteiger partial charge on any atom is 0.215 e. The average molecular weight is 236 g/mol. The van der Waals surface area contributed by atoms with Crippen molar-refractivity contribution in [2.45, 2.75) is 19.8 Å². The van der Waals surface area contributed by atoms with Crippen molar-refractivity contribution in [1.82, 2.24) is 4.98 Å². The highest BCUT2D eigenvalue weighted by atomic mass is 16.5. The van der Waals surface area contributed by atoms with Crippen LogP contribution in [-0.2, 0) is 4.74 Å². The maximum absolute atomic E-state index is 5.54. The third-order valence-corrected chi connectivity index (χ3v) is 2.62. The van der Waals surface area contributed by atoms with Gasteiger partial charge in [-0.3, -0.25) is 0 Å². The normalized spacial score (nSPS) is 14.6. The van der Waals surface area contributed by atoms with Gasteiger partial charge in [-0.25, -0.2) is 0 Å². The van der Waals surface area contributed by atoms with Gasteiger partial charge in [-0.1, -0.05) is 6.07 Å². The minimum atomic E-state index is 0.640. The molecule has 1 fully saturated rings. The fraction of sp³-hybridized carbons (Fsp3) is 0.615. The van der Waals surface area contributed by atoms with Gasteiger partial charge in [0.2, 0.25) is 5.88 Å². The molecule has 0 radical (unpaired) electrons. The second-order valence-electron chi connectivity index (χ2n) is 4.24. The Morgan fingerprint density at radius 3 is 3.06 bits per heavy atom. The first-order chi connectivity index (χ1) is 8.38. The van der Waals surface area contributed by atoms with Crippen molar-refractivity contribution >= 4 is 5.82 Å². The number of aromatic nitrogens is 1. The second-order valence-corrected chi connectivity index (χ2v) is 4.24. The number of nitrogens with one attached hydrogen (secondary N) is 1. The Bertz CT molecular complexity index is 340. The van der Waals surface area contributed by atoms with E-state index in [1.807, 2.05) is 25.1 Å². The molecule has 0 bridgehead atoms. The van der Waals surface area contributed by atoms with Gasteiger partial charge in [0.15, 0.2) is 0 Å². The first kappa shape index (κ1) is 12.2. The summed E-state index contributed by atoms with van der Waals surface area (Å²) >= 11 is 0. The van der Waals surface area contributed by atoms with Gasteiger partial charge in [0.1, 0.15) is 5.82 Å². The lowest BCUT2D eigenvalue weighted by atomic mass is 10.4. The standard InChI is InChI=1S/C13H20N2O2/c1-2-17-13-5-3-4-12(15-13)14-8-9-16-10-11-6-7-11/h3-5,11H,2,6-10H2,1H3,(H,14,15). The molecule has 1 N–H and O–H groups in total. The highest BCUT2D eigenvalue weighted by molar-refractivity contribution is 5.36. The molecule has 0 saturated heterocycles. The fourth-order valence-electron chi connectivity index (χ4n) is 1.53. The van der Waals surface area contributed by atoms with Crippen molar-refractivity contribution in [3.05, 3.63) is 18.2 Å². The van der Waals surface area contributed by atoms with E-state index in [0.29, 0.717) is 12.5 Å². The summed E-state index contributed by atoms with van der Waals surface area (Å²) in [7, 11) is 0. The van der Waals surface area contributed by atoms with Crippen molar-refractivity contribution in [1.29, 1.82) is 0 Å². The lowest BCUT2D eigenvalue weighted by molar-refractivity contribution is 0.134. The molecule has 94 valence electrons. The van der Waals surface area contributed by atoms with Gasteiger partial charge in [0.05, 0.1) is 13.2 Å². The summed E-state index contributed by atoms with van der Waals surface area (Å²) in [5, 5.41) is 3.22. The third kappa shape index (κ3) is 4.61. The molecule has 0 atom stereocenters. The van der Waals surface area contributed by atoms with E-state index in [4.69, 9.17) is 9.47 Å². The maximum atomic E-state index is 5.54. The van der Waals surface area contributed by atoms with Crippen LogP contribution < -0.4 is 10.1 Å². The molecular weight excluding hydrogens is 216 g/mol. The molecule has 1 aromatic heterocycles. The quantitative estimate of drug-likeness (QED) is 0.703. The molecular formula is C13H20N2O2. The summed E-state index contributed by atoms with van der Waals surface area (Å²) in [5.74, 6) is 2.33. The molecule has 1 aliphatic carbocycles. The number of hydrogen-bond donors (Lipinski definition) is 1. The van der Waals surface area contributed by atoms with Crippen LogP contribution in [0.1, 0.15) is 19.8 Å². The van der Waals surface area contributed by atoms with Crippen LogP contribution in [0.25, 0.3) is 0 Å². The van der Waals surface area contributed by atoms with E-state index >= 15 is 0 Å². The van der Waals surface area contributed by atoms with Crippen molar-refractivity contribution in [2.75, 3.05) is 31.7 Å². The van der Waals surface area contributed by atoms with Gasteiger partial charge in [-0.15, -0.1) is 0 Å². The van der Waals surface area contributed by atoms with Crippen LogP contribution in [0.5, 0.6) is 5.88 Å². The van der Waals surface area contributed by atoms with E-state index in [2.05, 4.69) is 10.3 Å². The fourth-order valence-corrected chi connectivity index (χ4v) is 1.53. The summed E-state index contributed by atoms with van der Waals surface area (Å²) in [6.07, 6.45) is 2.68. The van der Waals surface area contributed by atoms with Crippen LogP contribution >= 0.6 is 0 Å². The number of anilines is 1. The van der Waals surface area contributed by atoms with Crippen LogP contribution in [0, 0.1) is 5.92 Å². The number of nitrogens with zero attached hydrogens (tertiary/aromatic N) is 1. The summed E-state index contributed by atoms with van der Waals surface area (Å²) in [6, 6.07) is 5.73. The van der Waals surface area contributed by atoms with Crippen LogP contribution in [0.3, 0.4) is 0 Å². The molecule has 1 aromatic rings. The minimum absolute atomic E-state index is 0.640. The molecule has 0 aliphatic heterocycles. The van der Waals surface area contributed by atoms with Crippen molar-refractivity contribution in [3.63, 3.8) is 0 Å². The van der Waals surface area contributed by atoms with Crippen molar-refractivity contribution in [2.24, 2.45) is 5.92 Å². The van der Waals surface area contributed by atoms with Crippen LogP contribution in [0.15, 0.2) is 18.2 Å². The molecule has 0 aromatic carbocycles. The minimum Gasteiger partial charge on any atom is -0.478 e. The molecule has 1 heterocycles. The van der Waals surface area contributed by atoms with Gasteiger partial charge in [-0.2, -0.15) is 4.98 Å². The zero-order valence-corrected chi connectivity index (χ0v) is 10.3. The molecule has 0 amide bonds. The molecule has 1 saturated carbocycles. The second kappa shape index (κ2) is 6.45. The van der Waals surface area contributed by atoms with E-state index in [1.165, 1.54) is 12.8 Å². The summed E-state index contributed by atoms with van der Waals surface area (Å²) in [6.45, 7) is 5.02. The Balaban J connectivity index is 1.64. The van der Waals surface area contributed by atoms with E-state index in [-0.39, 0.29) is 0 Å². The van der Waals surface area contributed by atoms with Gasteiger partial charge >= 0.3 is 0 Å². The number of pyridine rings is 1. The third-order valence-electron chi connectivity index (χ3n) is 2.62. The number of hydrogen-bond acceptors (Lipinski definition) is 4. The molecule has 4 heteroatoms. The smallest absolute Gasteiger partial charge is 0.215 e. The topological polar surface area (TPSA) is 43.4 Å². The predicted octanol–water partition coefficient (Wildman–Crippen LogP) is 2.32. The molecule has 1 aliphatic rings. The number of rotatable bonds is 8. The van der Waals surface area contributed by atoms with Crippen molar-refractivity contribution < 1.29 is 9.47 Å². The lowest BCUT2D eigenvalue weighted by Crippen LogP contribution is -2.11. The van der Waals surface area contributed by atoms with Crippen molar-refractivity contribution in [3.8, 4) is 5.88 Å². The average Bonchev–Trinajstić information content (AvgIpc) is 3.14. The summed E-state index contributed by atoms with van der Waals surface area (Å²) < 4.78 is 10.9. The Labute approximate surface area is 102 Å². The van der Waals surface area contributed by atoms with E-state index < -0.39 is 0 Å². The SMILES string of the molecule is CCOc1cccc(NCCOCC2CC2)n1. The lowest BCUT2D eigenvalue weighted by Gasteiger charge is -2.08. The van der Waals surface area contributed by atoms with Gasteiger partial charge in [0.25, 0.3) is 0 Å². The van der Waals surface area contributed by atoms with E-state index in [1.54, 1.807) is 0 Å². The van der Waals surface area contributed by atoms with Gasteiger partial charge in [-0.05, 0) is 31.7 Å². The van der Waals surface area contributed by atoms with Crippen LogP contribution in [0.2, 0.25) is 0 Å².